The number of rotatable bonds is 5. The van der Waals surface area contributed by atoms with Gasteiger partial charge in [-0.2, -0.15) is 0 Å². The van der Waals surface area contributed by atoms with Crippen molar-refractivity contribution >= 4 is 18.5 Å². The van der Waals surface area contributed by atoms with E-state index in [1.54, 1.807) is 12.1 Å². The fourth-order valence-corrected chi connectivity index (χ4v) is 3.37. The molecule has 4 N–H and O–H groups in total. The van der Waals surface area contributed by atoms with Crippen LogP contribution in [0.3, 0.4) is 0 Å². The molecule has 3 rings (SSSR count). The molecule has 24 heavy (non-hydrogen) atoms. The molecule has 2 heterocycles. The molecule has 8 heteroatoms. The Morgan fingerprint density at radius 2 is 2.29 bits per heavy atom. The van der Waals surface area contributed by atoms with E-state index in [4.69, 9.17) is 11.3 Å². The molecule has 0 aliphatic carbocycles. The monoisotopic (exact) mass is 350 g/mol. The lowest BCUT2D eigenvalue weighted by Gasteiger charge is -2.17. The van der Waals surface area contributed by atoms with Gasteiger partial charge in [0, 0.05) is 30.1 Å². The minimum absolute atomic E-state index is 0.435. The van der Waals surface area contributed by atoms with Crippen LogP contribution in [-0.4, -0.2) is 32.8 Å². The number of fused-ring (bicyclic) bond motifs is 1. The van der Waals surface area contributed by atoms with Gasteiger partial charge in [0.05, 0.1) is 6.42 Å². The average Bonchev–Trinajstić information content (AvgIpc) is 3.15. The van der Waals surface area contributed by atoms with E-state index in [9.17, 15) is 14.4 Å². The van der Waals surface area contributed by atoms with Gasteiger partial charge in [-0.05, 0) is 31.0 Å². The zero-order valence-corrected chi connectivity index (χ0v) is 14.3. The molecule has 0 radical (unpaired) electrons. The van der Waals surface area contributed by atoms with Gasteiger partial charge < -0.3 is 19.5 Å². The molecule has 2 atom stereocenters. The third-order valence-corrected chi connectivity index (χ3v) is 5.52. The topological polar surface area (TPSA) is 98.9 Å². The Bertz CT molecular complexity index is 829. The van der Waals surface area contributed by atoms with Crippen LogP contribution in [0.4, 0.5) is 0 Å². The van der Waals surface area contributed by atoms with Gasteiger partial charge >= 0.3 is 13.3 Å². The molecule has 7 nitrogen and oxygen atoms in total. The van der Waals surface area contributed by atoms with E-state index in [2.05, 4.69) is 15.1 Å². The number of nitrogens with one attached hydrogen (secondary N) is 2. The van der Waals surface area contributed by atoms with Gasteiger partial charge in [-0.15, -0.1) is 0 Å². The summed E-state index contributed by atoms with van der Waals surface area (Å²) >= 11 is 0. The molecule has 1 aliphatic rings. The van der Waals surface area contributed by atoms with Crippen molar-refractivity contribution in [3.05, 3.63) is 34.8 Å². The second-order valence-corrected chi connectivity index (χ2v) is 8.07. The van der Waals surface area contributed by atoms with Crippen LogP contribution in [0.15, 0.2) is 24.4 Å². The first kappa shape index (κ1) is 17.0. The number of aromatic amines is 1. The summed E-state index contributed by atoms with van der Waals surface area (Å²) in [5.74, 6) is -0.784. The van der Waals surface area contributed by atoms with Crippen LogP contribution < -0.4 is 10.1 Å². The number of ether oxygens (including phenoxy) is 1. The fraction of sp³-hybridized carbons (Fsp3) is 0.438. The Balaban J connectivity index is 1.98. The number of benzene rings is 1. The highest BCUT2D eigenvalue weighted by Gasteiger charge is 2.44. The number of hydrogen-bond donors (Lipinski definition) is 4. The van der Waals surface area contributed by atoms with Crippen LogP contribution in [0.2, 0.25) is 0 Å². The standard InChI is InChI=1S/C16H20N3O4P/c1-11(24(20,21)22)23-14-6-3-5-13-15(14)12(10-18-13)9-16(17-2)7-4-8-19-16/h2-3,5-6,10-11,18-19H,4,7-9H2,1H3,(H-,20,21,22)/p+1/t11?,16-/m1/s1. The van der Waals surface area contributed by atoms with Crippen molar-refractivity contribution in [3.63, 3.8) is 0 Å². The lowest BCUT2D eigenvalue weighted by Crippen LogP contribution is -2.38. The first-order valence-corrected chi connectivity index (χ1v) is 9.51. The lowest BCUT2D eigenvalue weighted by molar-refractivity contribution is 0.239. The van der Waals surface area contributed by atoms with Crippen molar-refractivity contribution in [1.82, 2.24) is 10.3 Å². The second kappa shape index (κ2) is 6.23. The quantitative estimate of drug-likeness (QED) is 0.622. The molecule has 1 aliphatic heterocycles. The third kappa shape index (κ3) is 3.19. The molecule has 1 unspecified atom stereocenters. The minimum Gasteiger partial charge on any atom is -0.477 e. The molecular weight excluding hydrogens is 329 g/mol. The normalized spacial score (nSPS) is 22.4. The first-order valence-electron chi connectivity index (χ1n) is 7.83. The molecule has 0 bridgehead atoms. The Labute approximate surface area is 140 Å². The van der Waals surface area contributed by atoms with Crippen LogP contribution >= 0.6 is 7.60 Å². The molecule has 0 spiro atoms. The van der Waals surface area contributed by atoms with Crippen molar-refractivity contribution in [1.29, 1.82) is 0 Å². The molecule has 0 amide bonds. The molecule has 0 saturated carbocycles. The van der Waals surface area contributed by atoms with Crippen molar-refractivity contribution in [2.45, 2.75) is 37.7 Å². The Morgan fingerprint density at radius 1 is 1.50 bits per heavy atom. The summed E-state index contributed by atoms with van der Waals surface area (Å²) in [5, 5.41) is 4.14. The van der Waals surface area contributed by atoms with Gasteiger partial charge in [-0.1, -0.05) is 10.9 Å². The van der Waals surface area contributed by atoms with E-state index in [-0.39, 0.29) is 0 Å². The average molecular weight is 350 g/mol. The maximum absolute atomic E-state index is 11.4. The first-order chi connectivity index (χ1) is 11.3. The van der Waals surface area contributed by atoms with E-state index >= 15 is 0 Å². The molecule has 1 saturated heterocycles. The van der Waals surface area contributed by atoms with E-state index in [1.165, 1.54) is 6.92 Å². The summed E-state index contributed by atoms with van der Waals surface area (Å²) in [6, 6.07) is 5.38. The number of hydrogen-bond acceptors (Lipinski definition) is 3. The summed E-state index contributed by atoms with van der Waals surface area (Å²) in [7, 11) is -4.33. The second-order valence-electron chi connectivity index (χ2n) is 6.17. The van der Waals surface area contributed by atoms with Gasteiger partial charge in [0.1, 0.15) is 5.75 Å². The van der Waals surface area contributed by atoms with Gasteiger partial charge in [-0.25, -0.2) is 5.32 Å². The molecule has 1 aromatic heterocycles. The zero-order chi connectivity index (χ0) is 17.4. The summed E-state index contributed by atoms with van der Waals surface area (Å²) in [6.07, 6.45) is 4.29. The maximum Gasteiger partial charge on any atom is 0.365 e. The van der Waals surface area contributed by atoms with Crippen molar-refractivity contribution in [2.75, 3.05) is 6.54 Å². The minimum atomic E-state index is -4.33. The number of H-pyrrole nitrogens is 1. The van der Waals surface area contributed by atoms with Crippen LogP contribution in [0, 0.1) is 6.57 Å². The molecule has 2 aromatic rings. The fourth-order valence-electron chi connectivity index (χ4n) is 3.12. The van der Waals surface area contributed by atoms with Crippen LogP contribution in [0.5, 0.6) is 5.75 Å². The predicted octanol–water partition coefficient (Wildman–Crippen LogP) is 2.66. The Hall–Kier alpha value is -1.84. The smallest absolute Gasteiger partial charge is 0.365 e. The van der Waals surface area contributed by atoms with Crippen molar-refractivity contribution < 1.29 is 19.1 Å². The van der Waals surface area contributed by atoms with Gasteiger partial charge in [0.2, 0.25) is 0 Å². The number of aromatic nitrogens is 1. The van der Waals surface area contributed by atoms with E-state index in [0.29, 0.717) is 12.2 Å². The summed E-state index contributed by atoms with van der Waals surface area (Å²) < 4.78 is 16.9. The molecule has 1 fully saturated rings. The van der Waals surface area contributed by atoms with Crippen molar-refractivity contribution in [2.24, 2.45) is 0 Å². The van der Waals surface area contributed by atoms with Gasteiger partial charge in [0.25, 0.3) is 6.57 Å². The molecule has 1 aromatic carbocycles. The van der Waals surface area contributed by atoms with E-state index in [0.717, 1.165) is 35.9 Å². The Kier molecular flexibility index (Phi) is 4.41. The predicted molar refractivity (Wildman–Crippen MR) is 92.4 cm³/mol. The zero-order valence-electron chi connectivity index (χ0n) is 13.4. The van der Waals surface area contributed by atoms with Crippen LogP contribution in [-0.2, 0) is 11.0 Å². The molecular formula is C16H21N3O4P+. The SMILES string of the molecule is C#[N+][C@]1(Cc2c[nH]c3cccc(OC(C)P(=O)(O)O)c23)CCCN1. The van der Waals surface area contributed by atoms with Crippen molar-refractivity contribution in [3.8, 4) is 12.3 Å². The van der Waals surface area contributed by atoms with E-state index < -0.39 is 19.1 Å². The number of nitrogens with zero attached hydrogens (tertiary/aromatic N) is 1. The summed E-state index contributed by atoms with van der Waals surface area (Å²) in [4.78, 5) is 25.8. The molecule has 128 valence electrons. The van der Waals surface area contributed by atoms with Crippen LogP contribution in [0.25, 0.3) is 15.7 Å². The lowest BCUT2D eigenvalue weighted by atomic mass is 9.98. The van der Waals surface area contributed by atoms with Gasteiger partial charge in [-0.3, -0.25) is 4.57 Å². The summed E-state index contributed by atoms with van der Waals surface area (Å²) in [5.41, 5.74) is 1.28. The van der Waals surface area contributed by atoms with E-state index in [1.807, 2.05) is 12.3 Å². The third-order valence-electron chi connectivity index (χ3n) is 4.47. The summed E-state index contributed by atoms with van der Waals surface area (Å²) in [6.45, 7) is 7.85. The van der Waals surface area contributed by atoms with Gasteiger partial charge in [0.15, 0.2) is 5.85 Å². The Morgan fingerprint density at radius 3 is 2.92 bits per heavy atom. The highest BCUT2D eigenvalue weighted by molar-refractivity contribution is 7.52. The highest BCUT2D eigenvalue weighted by atomic mass is 31.2. The largest absolute Gasteiger partial charge is 0.477 e. The highest BCUT2D eigenvalue weighted by Crippen LogP contribution is 2.43. The van der Waals surface area contributed by atoms with Crippen LogP contribution in [0.1, 0.15) is 25.3 Å². The maximum atomic E-state index is 11.4.